The number of sulfonamides is 2. The topological polar surface area (TPSA) is 127 Å². The highest BCUT2D eigenvalue weighted by Gasteiger charge is 2.37. The fourth-order valence-corrected chi connectivity index (χ4v) is 7.90. The van der Waals surface area contributed by atoms with Crippen LogP contribution in [-0.4, -0.2) is 28.9 Å². The highest BCUT2D eigenvalue weighted by atomic mass is 32.3. The van der Waals surface area contributed by atoms with E-state index in [1.165, 1.54) is 42.5 Å². The molecule has 40 heavy (non-hydrogen) atoms. The molecule has 3 aromatic carbocycles. The summed E-state index contributed by atoms with van der Waals surface area (Å²) in [7, 11) is -7.68. The van der Waals surface area contributed by atoms with E-state index in [1.54, 1.807) is 44.3 Å². The molecule has 5 rings (SSSR count). The van der Waals surface area contributed by atoms with Gasteiger partial charge in [0.15, 0.2) is 0 Å². The summed E-state index contributed by atoms with van der Waals surface area (Å²) in [5.74, 6) is 0.413. The van der Waals surface area contributed by atoms with Gasteiger partial charge in [0, 0.05) is 18.6 Å². The highest BCUT2D eigenvalue weighted by Crippen LogP contribution is 2.34. The molecule has 1 N–H and O–H groups in total. The second-order valence-corrected chi connectivity index (χ2v) is 12.9. The van der Waals surface area contributed by atoms with E-state index in [2.05, 4.69) is 10.3 Å². The first-order chi connectivity index (χ1) is 19.0. The molecule has 0 aliphatic rings. The summed E-state index contributed by atoms with van der Waals surface area (Å²) in [6.45, 7) is 3.65. The maximum Gasteiger partial charge on any atom is 0.344 e. The molecule has 0 aliphatic heterocycles. The monoisotopic (exact) mass is 575 g/mol. The van der Waals surface area contributed by atoms with Crippen molar-refractivity contribution in [3.05, 3.63) is 113 Å². The molecule has 5 aromatic rings. The van der Waals surface area contributed by atoms with Crippen molar-refractivity contribution < 1.29 is 21.3 Å². The van der Waals surface area contributed by atoms with Gasteiger partial charge in [0.1, 0.15) is 16.3 Å². The van der Waals surface area contributed by atoms with Crippen LogP contribution >= 0.6 is 0 Å². The third-order valence-corrected chi connectivity index (χ3v) is 10.6. The molecule has 0 bridgehead atoms. The molecule has 2 heterocycles. The average molecular weight is 576 g/mol. The molecule has 0 aliphatic carbocycles. The zero-order valence-corrected chi connectivity index (χ0v) is 23.5. The highest BCUT2D eigenvalue weighted by molar-refractivity contribution is 8.10. The van der Waals surface area contributed by atoms with Crippen LogP contribution in [0.15, 0.2) is 110 Å². The zero-order chi connectivity index (χ0) is 28.7. The number of anilines is 2. The Hall–Kier alpha value is -4.48. The fraction of sp³-hybridized carbons (Fsp3) is 0.103. The second kappa shape index (κ2) is 10.2. The number of fused-ring (bicyclic) bond motifs is 1. The number of aryl methyl sites for hydroxylation is 2. The van der Waals surface area contributed by atoms with E-state index >= 15 is 0 Å². The van der Waals surface area contributed by atoms with Gasteiger partial charge in [0.2, 0.25) is 0 Å². The summed E-state index contributed by atoms with van der Waals surface area (Å²) in [6.07, 6.45) is 1.09. The van der Waals surface area contributed by atoms with Crippen LogP contribution in [0.3, 0.4) is 0 Å². The van der Waals surface area contributed by atoms with E-state index in [1.807, 2.05) is 19.1 Å². The number of pyridine rings is 1. The minimum absolute atomic E-state index is 0.157. The lowest BCUT2D eigenvalue weighted by Gasteiger charge is -2.24. The van der Waals surface area contributed by atoms with Crippen LogP contribution in [-0.2, 0) is 20.0 Å². The molecule has 0 saturated heterocycles. The molecule has 0 fully saturated rings. The number of benzene rings is 3. The third kappa shape index (κ3) is 4.85. The standard InChI is InChI=1S/C29H25N3O6S2/c1-19-8-11-23(12-9-19)39(34,35)32(40(36,37)24-13-15-28(30-3)31-18-24)22-10-14-27-21(16-22)17-26(29(33)38-27)25-7-5-4-6-20(25)2/h4-18H,1-3H3,(H,30,31). The lowest BCUT2D eigenvalue weighted by Crippen LogP contribution is -2.37. The molecule has 0 unspecified atom stereocenters. The van der Waals surface area contributed by atoms with Crippen molar-refractivity contribution in [2.75, 3.05) is 16.1 Å². The van der Waals surface area contributed by atoms with Crippen LogP contribution in [0.1, 0.15) is 11.1 Å². The summed E-state index contributed by atoms with van der Waals surface area (Å²) >= 11 is 0. The van der Waals surface area contributed by atoms with E-state index in [-0.39, 0.29) is 26.6 Å². The molecule has 204 valence electrons. The Morgan fingerprint density at radius 3 is 2.10 bits per heavy atom. The summed E-state index contributed by atoms with van der Waals surface area (Å²) in [6, 6.07) is 21.5. The number of aromatic nitrogens is 1. The van der Waals surface area contributed by atoms with Crippen molar-refractivity contribution >= 4 is 42.5 Å². The van der Waals surface area contributed by atoms with Crippen molar-refractivity contribution in [1.29, 1.82) is 0 Å². The van der Waals surface area contributed by atoms with Crippen molar-refractivity contribution in [1.82, 2.24) is 4.98 Å². The van der Waals surface area contributed by atoms with Crippen LogP contribution < -0.4 is 14.7 Å². The van der Waals surface area contributed by atoms with Crippen molar-refractivity contribution in [3.8, 4) is 11.1 Å². The Kier molecular flexibility index (Phi) is 6.94. The lowest BCUT2D eigenvalue weighted by molar-refractivity contribution is 0.563. The van der Waals surface area contributed by atoms with Crippen LogP contribution in [0.25, 0.3) is 22.1 Å². The molecule has 11 heteroatoms. The van der Waals surface area contributed by atoms with Gasteiger partial charge < -0.3 is 9.73 Å². The minimum Gasteiger partial charge on any atom is -0.422 e. The number of hydrogen-bond donors (Lipinski definition) is 1. The number of nitrogens with one attached hydrogen (secondary N) is 1. The van der Waals surface area contributed by atoms with Crippen LogP contribution in [0.4, 0.5) is 11.5 Å². The van der Waals surface area contributed by atoms with Crippen LogP contribution in [0.5, 0.6) is 0 Å². The number of hydrogen-bond acceptors (Lipinski definition) is 8. The quantitative estimate of drug-likeness (QED) is 0.266. The smallest absolute Gasteiger partial charge is 0.344 e. The van der Waals surface area contributed by atoms with E-state index < -0.39 is 25.7 Å². The summed E-state index contributed by atoms with van der Waals surface area (Å²) < 4.78 is 61.7. The summed E-state index contributed by atoms with van der Waals surface area (Å²) in [5.41, 5.74) is 2.02. The first-order valence-electron chi connectivity index (χ1n) is 12.2. The summed E-state index contributed by atoms with van der Waals surface area (Å²) in [4.78, 5) is 16.3. The molecular weight excluding hydrogens is 550 g/mol. The van der Waals surface area contributed by atoms with Gasteiger partial charge >= 0.3 is 5.63 Å². The molecular formula is C29H25N3O6S2. The van der Waals surface area contributed by atoms with Crippen molar-refractivity contribution in [2.24, 2.45) is 0 Å². The molecule has 0 saturated carbocycles. The van der Waals surface area contributed by atoms with E-state index in [4.69, 9.17) is 4.42 Å². The summed E-state index contributed by atoms with van der Waals surface area (Å²) in [5, 5.41) is 3.15. The lowest BCUT2D eigenvalue weighted by atomic mass is 10.0. The second-order valence-electron chi connectivity index (χ2n) is 9.13. The van der Waals surface area contributed by atoms with Crippen LogP contribution in [0.2, 0.25) is 0 Å². The van der Waals surface area contributed by atoms with Gasteiger partial charge in [-0.2, -0.15) is 12.1 Å². The predicted octanol–water partition coefficient (Wildman–Crippen LogP) is 5.10. The minimum atomic E-state index is -4.68. The Bertz CT molecular complexity index is 2000. The zero-order valence-electron chi connectivity index (χ0n) is 21.8. The molecule has 0 amide bonds. The van der Waals surface area contributed by atoms with Crippen molar-refractivity contribution in [2.45, 2.75) is 23.6 Å². The van der Waals surface area contributed by atoms with Gasteiger partial charge in [-0.15, -0.1) is 0 Å². The molecule has 0 spiro atoms. The fourth-order valence-electron chi connectivity index (χ4n) is 4.28. The first-order valence-corrected chi connectivity index (χ1v) is 15.1. The maximum atomic E-state index is 14.0. The Morgan fingerprint density at radius 2 is 1.45 bits per heavy atom. The van der Waals surface area contributed by atoms with E-state index in [0.717, 1.165) is 17.3 Å². The molecule has 0 radical (unpaired) electrons. The Balaban J connectivity index is 1.75. The van der Waals surface area contributed by atoms with Crippen LogP contribution in [0, 0.1) is 13.8 Å². The molecule has 0 atom stereocenters. The van der Waals surface area contributed by atoms with Gasteiger partial charge in [0.25, 0.3) is 20.0 Å². The van der Waals surface area contributed by atoms with Gasteiger partial charge in [-0.3, -0.25) is 0 Å². The predicted molar refractivity (Wildman–Crippen MR) is 154 cm³/mol. The van der Waals surface area contributed by atoms with Gasteiger partial charge in [-0.05, 0) is 73.5 Å². The molecule has 9 nitrogen and oxygen atoms in total. The van der Waals surface area contributed by atoms with E-state index in [0.29, 0.717) is 20.5 Å². The maximum absolute atomic E-state index is 14.0. The SMILES string of the molecule is CNc1ccc(S(=O)(=O)N(c2ccc3oc(=O)c(-c4ccccc4C)cc3c2)S(=O)(=O)c2ccc(C)cc2)cn1. The molecule has 2 aromatic heterocycles. The van der Waals surface area contributed by atoms with Gasteiger partial charge in [0.05, 0.1) is 16.1 Å². The largest absolute Gasteiger partial charge is 0.422 e. The van der Waals surface area contributed by atoms with Crippen molar-refractivity contribution in [3.63, 3.8) is 0 Å². The average Bonchev–Trinajstić information content (AvgIpc) is 2.93. The Morgan fingerprint density at radius 1 is 0.775 bits per heavy atom. The normalized spacial score (nSPS) is 11.9. The first kappa shape index (κ1) is 27.1. The van der Waals surface area contributed by atoms with Gasteiger partial charge in [-0.25, -0.2) is 18.2 Å². The third-order valence-electron chi connectivity index (χ3n) is 6.41. The Labute approximate surface area is 231 Å². The number of rotatable bonds is 7. The number of nitrogens with zero attached hydrogens (tertiary/aromatic N) is 2. The van der Waals surface area contributed by atoms with E-state index in [9.17, 15) is 21.6 Å². The van der Waals surface area contributed by atoms with Gasteiger partial charge in [-0.1, -0.05) is 42.0 Å².